The van der Waals surface area contributed by atoms with Gasteiger partial charge in [-0.05, 0) is 39.2 Å². The minimum atomic E-state index is -0.0698. The van der Waals surface area contributed by atoms with Crippen LogP contribution >= 0.6 is 11.3 Å². The van der Waals surface area contributed by atoms with Gasteiger partial charge in [0.15, 0.2) is 4.96 Å². The number of aromatic nitrogens is 2. The predicted octanol–water partition coefficient (Wildman–Crippen LogP) is 2.75. The third-order valence-electron chi connectivity index (χ3n) is 3.87. The van der Waals surface area contributed by atoms with Gasteiger partial charge in [0.25, 0.3) is 5.91 Å². The number of hydrogen-bond acceptors (Lipinski definition) is 5. The fourth-order valence-corrected chi connectivity index (χ4v) is 3.41. The molecule has 0 aliphatic heterocycles. The van der Waals surface area contributed by atoms with Gasteiger partial charge in [0.2, 0.25) is 0 Å². The van der Waals surface area contributed by atoms with Crippen molar-refractivity contribution < 1.29 is 9.53 Å². The highest BCUT2D eigenvalue weighted by molar-refractivity contribution is 7.15. The quantitative estimate of drug-likeness (QED) is 0.660. The molecule has 3 aromatic rings. The van der Waals surface area contributed by atoms with E-state index in [9.17, 15) is 4.79 Å². The molecule has 6 nitrogen and oxygen atoms in total. The third kappa shape index (κ3) is 4.00. The summed E-state index contributed by atoms with van der Waals surface area (Å²) in [5.41, 5.74) is 2.41. The van der Waals surface area contributed by atoms with Crippen molar-refractivity contribution >= 4 is 22.2 Å². The molecule has 0 spiro atoms. The molecular formula is C18H22N4O2S. The van der Waals surface area contributed by atoms with Gasteiger partial charge in [0.05, 0.1) is 12.8 Å². The summed E-state index contributed by atoms with van der Waals surface area (Å²) in [4.78, 5) is 19.9. The van der Waals surface area contributed by atoms with E-state index in [-0.39, 0.29) is 5.91 Å². The lowest BCUT2D eigenvalue weighted by Crippen LogP contribution is -2.27. The fraction of sp³-hybridized carbons (Fsp3) is 0.333. The zero-order valence-electron chi connectivity index (χ0n) is 14.7. The van der Waals surface area contributed by atoms with Crippen LogP contribution in [0, 0.1) is 0 Å². The topological polar surface area (TPSA) is 58.9 Å². The Bertz CT molecular complexity index is 869. The van der Waals surface area contributed by atoms with E-state index in [1.165, 1.54) is 11.3 Å². The molecule has 1 aromatic carbocycles. The van der Waals surface area contributed by atoms with E-state index in [4.69, 9.17) is 4.74 Å². The molecule has 0 aliphatic carbocycles. The normalized spacial score (nSPS) is 11.2. The Morgan fingerprint density at radius 2 is 2.24 bits per heavy atom. The molecular weight excluding hydrogens is 336 g/mol. The van der Waals surface area contributed by atoms with Crippen molar-refractivity contribution in [2.45, 2.75) is 6.42 Å². The Labute approximate surface area is 151 Å². The van der Waals surface area contributed by atoms with Crippen molar-refractivity contribution in [3.63, 3.8) is 0 Å². The number of carbonyl (C=O) groups is 1. The number of methoxy groups -OCH3 is 1. The van der Waals surface area contributed by atoms with Crippen LogP contribution in [0.5, 0.6) is 5.75 Å². The van der Waals surface area contributed by atoms with Crippen molar-refractivity contribution in [2.75, 3.05) is 34.3 Å². The van der Waals surface area contributed by atoms with E-state index in [0.29, 0.717) is 12.2 Å². The van der Waals surface area contributed by atoms with Gasteiger partial charge in [-0.3, -0.25) is 9.20 Å². The SMILES string of the molecule is COc1cccc(-c2cn3c(C(=O)NCCCN(C)C)csc3n2)c1. The second kappa shape index (κ2) is 7.67. The highest BCUT2D eigenvalue weighted by atomic mass is 32.1. The molecule has 0 saturated heterocycles. The average molecular weight is 358 g/mol. The monoisotopic (exact) mass is 358 g/mol. The first-order valence-corrected chi connectivity index (χ1v) is 9.00. The summed E-state index contributed by atoms with van der Waals surface area (Å²) < 4.78 is 7.11. The van der Waals surface area contributed by atoms with Gasteiger partial charge in [-0.25, -0.2) is 4.98 Å². The van der Waals surface area contributed by atoms with Gasteiger partial charge in [0, 0.05) is 23.7 Å². The third-order valence-corrected chi connectivity index (χ3v) is 4.71. The summed E-state index contributed by atoms with van der Waals surface area (Å²) in [6.07, 6.45) is 2.82. The molecule has 0 fully saturated rings. The number of hydrogen-bond donors (Lipinski definition) is 1. The predicted molar refractivity (Wildman–Crippen MR) is 101 cm³/mol. The van der Waals surface area contributed by atoms with Crippen LogP contribution < -0.4 is 10.1 Å². The summed E-state index contributed by atoms with van der Waals surface area (Å²) in [7, 11) is 5.69. The van der Waals surface area contributed by atoms with Gasteiger partial charge in [-0.2, -0.15) is 0 Å². The first-order chi connectivity index (χ1) is 12.1. The van der Waals surface area contributed by atoms with Gasteiger partial charge < -0.3 is 15.0 Å². The van der Waals surface area contributed by atoms with Crippen LogP contribution in [0.2, 0.25) is 0 Å². The Morgan fingerprint density at radius 1 is 1.40 bits per heavy atom. The molecule has 0 atom stereocenters. The summed E-state index contributed by atoms with van der Waals surface area (Å²) in [5.74, 6) is 0.715. The summed E-state index contributed by atoms with van der Waals surface area (Å²) in [6.45, 7) is 1.61. The second-order valence-electron chi connectivity index (χ2n) is 6.04. The van der Waals surface area contributed by atoms with Crippen LogP contribution in [0.15, 0.2) is 35.8 Å². The van der Waals surface area contributed by atoms with Gasteiger partial charge in [0.1, 0.15) is 11.4 Å². The van der Waals surface area contributed by atoms with E-state index >= 15 is 0 Å². The number of nitrogens with one attached hydrogen (secondary N) is 1. The van der Waals surface area contributed by atoms with Crippen molar-refractivity contribution in [1.82, 2.24) is 19.6 Å². The van der Waals surface area contributed by atoms with Crippen molar-refractivity contribution in [3.05, 3.63) is 41.5 Å². The molecule has 0 bridgehead atoms. The molecule has 0 unspecified atom stereocenters. The van der Waals surface area contributed by atoms with Crippen LogP contribution in [-0.4, -0.2) is 54.5 Å². The maximum Gasteiger partial charge on any atom is 0.269 e. The molecule has 2 heterocycles. The molecule has 132 valence electrons. The number of carbonyl (C=O) groups excluding carboxylic acids is 1. The number of amides is 1. The molecule has 1 amide bonds. The smallest absolute Gasteiger partial charge is 0.269 e. The Kier molecular flexibility index (Phi) is 5.35. The minimum absolute atomic E-state index is 0.0698. The molecule has 0 radical (unpaired) electrons. The maximum atomic E-state index is 12.4. The molecule has 0 aliphatic rings. The number of nitrogens with zero attached hydrogens (tertiary/aromatic N) is 3. The highest BCUT2D eigenvalue weighted by Crippen LogP contribution is 2.26. The van der Waals surface area contributed by atoms with Crippen LogP contribution in [0.3, 0.4) is 0 Å². The number of ether oxygens (including phenoxy) is 1. The summed E-state index contributed by atoms with van der Waals surface area (Å²) >= 11 is 1.46. The van der Waals surface area contributed by atoms with Gasteiger partial charge >= 0.3 is 0 Å². The fourth-order valence-electron chi connectivity index (χ4n) is 2.56. The van der Waals surface area contributed by atoms with E-state index < -0.39 is 0 Å². The zero-order chi connectivity index (χ0) is 17.8. The number of imidazole rings is 1. The largest absolute Gasteiger partial charge is 0.497 e. The Balaban J connectivity index is 1.77. The molecule has 3 rings (SSSR count). The van der Waals surface area contributed by atoms with E-state index in [1.807, 2.05) is 54.3 Å². The van der Waals surface area contributed by atoms with Crippen molar-refractivity contribution in [1.29, 1.82) is 0 Å². The van der Waals surface area contributed by atoms with Crippen molar-refractivity contribution in [3.8, 4) is 17.0 Å². The van der Waals surface area contributed by atoms with Crippen LogP contribution in [0.25, 0.3) is 16.2 Å². The number of rotatable bonds is 7. The van der Waals surface area contributed by atoms with Gasteiger partial charge in [-0.15, -0.1) is 11.3 Å². The summed E-state index contributed by atoms with van der Waals surface area (Å²) in [6, 6.07) is 7.75. The molecule has 0 saturated carbocycles. The lowest BCUT2D eigenvalue weighted by atomic mass is 10.1. The van der Waals surface area contributed by atoms with E-state index in [1.54, 1.807) is 7.11 Å². The van der Waals surface area contributed by atoms with Crippen molar-refractivity contribution in [2.24, 2.45) is 0 Å². The first-order valence-electron chi connectivity index (χ1n) is 8.12. The standard InChI is InChI=1S/C18H22N4O2S/c1-21(2)9-5-8-19-17(23)16-12-25-18-20-15(11-22(16)18)13-6-4-7-14(10-13)24-3/h4,6-7,10-12H,5,8-9H2,1-3H3,(H,19,23). The van der Waals surface area contributed by atoms with E-state index in [2.05, 4.69) is 15.2 Å². The minimum Gasteiger partial charge on any atom is -0.497 e. The Hall–Kier alpha value is -2.38. The lowest BCUT2D eigenvalue weighted by molar-refractivity contribution is 0.0946. The molecule has 25 heavy (non-hydrogen) atoms. The maximum absolute atomic E-state index is 12.4. The van der Waals surface area contributed by atoms with Crippen LogP contribution in [0.4, 0.5) is 0 Å². The average Bonchev–Trinajstić information content (AvgIpc) is 3.19. The first kappa shape index (κ1) is 17.4. The number of thiazole rings is 1. The van der Waals surface area contributed by atoms with E-state index in [0.717, 1.165) is 34.9 Å². The van der Waals surface area contributed by atoms with Crippen LogP contribution in [-0.2, 0) is 0 Å². The van der Waals surface area contributed by atoms with Gasteiger partial charge in [-0.1, -0.05) is 12.1 Å². The number of fused-ring (bicyclic) bond motifs is 1. The number of benzene rings is 1. The zero-order valence-corrected chi connectivity index (χ0v) is 15.5. The molecule has 1 N–H and O–H groups in total. The molecule has 7 heteroatoms. The summed E-state index contributed by atoms with van der Waals surface area (Å²) in [5, 5.41) is 4.82. The van der Waals surface area contributed by atoms with Crippen LogP contribution in [0.1, 0.15) is 16.9 Å². The highest BCUT2D eigenvalue weighted by Gasteiger charge is 2.15. The Morgan fingerprint density at radius 3 is 3.00 bits per heavy atom. The molecule has 2 aromatic heterocycles. The lowest BCUT2D eigenvalue weighted by Gasteiger charge is -2.09. The second-order valence-corrected chi connectivity index (χ2v) is 6.88.